The highest BCUT2D eigenvalue weighted by Crippen LogP contribution is 2.29. The zero-order valence-electron chi connectivity index (χ0n) is 17.4. The average molecular weight is 412 g/mol. The molecule has 31 heavy (non-hydrogen) atoms. The van der Waals surface area contributed by atoms with Gasteiger partial charge in [0.15, 0.2) is 5.69 Å². The van der Waals surface area contributed by atoms with Crippen LogP contribution >= 0.6 is 0 Å². The zero-order valence-corrected chi connectivity index (χ0v) is 17.4. The summed E-state index contributed by atoms with van der Waals surface area (Å²) in [7, 11) is 0. The summed E-state index contributed by atoms with van der Waals surface area (Å²) in [5.41, 5.74) is 12.6. The highest BCUT2D eigenvalue weighted by atomic mass is 16.2. The van der Waals surface area contributed by atoms with Crippen LogP contribution in [0.15, 0.2) is 48.5 Å². The fourth-order valence-corrected chi connectivity index (χ4v) is 4.65. The lowest BCUT2D eigenvalue weighted by molar-refractivity contribution is 0.0702. The van der Waals surface area contributed by atoms with E-state index >= 15 is 0 Å². The van der Waals surface area contributed by atoms with E-state index in [0.29, 0.717) is 24.3 Å². The van der Waals surface area contributed by atoms with Crippen molar-refractivity contribution in [2.24, 2.45) is 5.73 Å². The number of hydrogen-bond acceptors (Lipinski definition) is 4. The van der Waals surface area contributed by atoms with Crippen molar-refractivity contribution in [1.82, 2.24) is 14.7 Å². The third kappa shape index (κ3) is 3.73. The molecule has 2 aliphatic rings. The van der Waals surface area contributed by atoms with Gasteiger partial charge in [0, 0.05) is 24.7 Å². The molecule has 0 radical (unpaired) electrons. The number of amides is 1. The van der Waals surface area contributed by atoms with Crippen LogP contribution in [0.1, 0.15) is 46.4 Å². The van der Waals surface area contributed by atoms with Crippen LogP contribution in [0.25, 0.3) is 16.9 Å². The van der Waals surface area contributed by atoms with Crippen LogP contribution in [-0.4, -0.2) is 39.7 Å². The Morgan fingerprint density at radius 1 is 1.06 bits per heavy atom. The molecule has 0 spiro atoms. The number of nitriles is 1. The van der Waals surface area contributed by atoms with Crippen molar-refractivity contribution >= 4 is 5.91 Å². The second-order valence-electron chi connectivity index (χ2n) is 8.48. The van der Waals surface area contributed by atoms with Crippen LogP contribution in [0, 0.1) is 11.3 Å². The molecule has 6 nitrogen and oxygen atoms in total. The summed E-state index contributed by atoms with van der Waals surface area (Å²) in [6.45, 7) is 1.28. The Bertz CT molecular complexity index is 1170. The molecule has 0 saturated carbocycles. The van der Waals surface area contributed by atoms with Crippen molar-refractivity contribution in [3.8, 4) is 23.0 Å². The van der Waals surface area contributed by atoms with E-state index in [2.05, 4.69) is 24.3 Å². The van der Waals surface area contributed by atoms with E-state index in [1.807, 2.05) is 27.8 Å². The SMILES string of the molecule is N#Cc1ccc(-c2cc(C(=O)N3CCCC(N)C3)nn2-c2ccc3c(c2)CCC3)cc1. The molecule has 2 heterocycles. The van der Waals surface area contributed by atoms with Gasteiger partial charge in [-0.2, -0.15) is 10.4 Å². The average Bonchev–Trinajstić information content (AvgIpc) is 3.45. The molecular formula is C25H25N5O. The first-order valence-corrected chi connectivity index (χ1v) is 10.9. The summed E-state index contributed by atoms with van der Waals surface area (Å²) in [6.07, 6.45) is 5.24. The van der Waals surface area contributed by atoms with Gasteiger partial charge in [-0.05, 0) is 73.6 Å². The molecule has 1 saturated heterocycles. The van der Waals surface area contributed by atoms with Gasteiger partial charge in [-0.3, -0.25) is 4.79 Å². The Hall–Kier alpha value is -3.43. The van der Waals surface area contributed by atoms with Gasteiger partial charge < -0.3 is 10.6 Å². The molecule has 1 fully saturated rings. The summed E-state index contributed by atoms with van der Waals surface area (Å²) in [5, 5.41) is 13.9. The predicted octanol–water partition coefficient (Wildman–Crippen LogP) is 3.46. The quantitative estimate of drug-likeness (QED) is 0.715. The summed E-state index contributed by atoms with van der Waals surface area (Å²) in [4.78, 5) is 15.0. The number of rotatable bonds is 3. The van der Waals surface area contributed by atoms with Crippen molar-refractivity contribution in [3.63, 3.8) is 0 Å². The van der Waals surface area contributed by atoms with E-state index < -0.39 is 0 Å². The highest BCUT2D eigenvalue weighted by molar-refractivity contribution is 5.93. The number of aryl methyl sites for hydroxylation is 2. The molecule has 3 aromatic rings. The minimum absolute atomic E-state index is 0.0227. The summed E-state index contributed by atoms with van der Waals surface area (Å²) >= 11 is 0. The smallest absolute Gasteiger partial charge is 0.274 e. The second kappa shape index (κ2) is 8.01. The first-order chi connectivity index (χ1) is 15.1. The van der Waals surface area contributed by atoms with E-state index in [4.69, 9.17) is 16.1 Å². The van der Waals surface area contributed by atoms with E-state index in [-0.39, 0.29) is 11.9 Å². The normalized spacial score (nSPS) is 17.9. The van der Waals surface area contributed by atoms with Crippen LogP contribution < -0.4 is 5.73 Å². The standard InChI is InChI=1S/C25H25N5O/c26-15-17-6-8-19(9-7-17)24-14-23(25(31)29-12-2-5-21(27)16-29)28-30(24)22-11-10-18-3-1-4-20(18)13-22/h6-11,13-14,21H,1-5,12,16,27H2. The molecule has 1 aliphatic heterocycles. The molecule has 1 amide bonds. The van der Waals surface area contributed by atoms with Crippen molar-refractivity contribution in [2.45, 2.75) is 38.1 Å². The molecule has 1 atom stereocenters. The third-order valence-corrected chi connectivity index (χ3v) is 6.31. The maximum Gasteiger partial charge on any atom is 0.274 e. The number of carbonyl (C=O) groups excluding carboxylic acids is 1. The number of fused-ring (bicyclic) bond motifs is 1. The number of likely N-dealkylation sites (tertiary alicyclic amines) is 1. The van der Waals surface area contributed by atoms with Gasteiger partial charge in [-0.1, -0.05) is 18.2 Å². The molecule has 1 unspecified atom stereocenters. The first kappa shape index (κ1) is 19.5. The number of hydrogen-bond donors (Lipinski definition) is 1. The Morgan fingerprint density at radius 2 is 1.87 bits per heavy atom. The molecule has 6 heteroatoms. The Balaban J connectivity index is 1.58. The number of benzene rings is 2. The van der Waals surface area contributed by atoms with Crippen LogP contribution in [-0.2, 0) is 12.8 Å². The lowest BCUT2D eigenvalue weighted by Gasteiger charge is -2.30. The molecule has 0 bridgehead atoms. The van der Waals surface area contributed by atoms with Gasteiger partial charge in [0.25, 0.3) is 5.91 Å². The first-order valence-electron chi connectivity index (χ1n) is 10.9. The third-order valence-electron chi connectivity index (χ3n) is 6.31. The van der Waals surface area contributed by atoms with Gasteiger partial charge >= 0.3 is 0 Å². The lowest BCUT2D eigenvalue weighted by Crippen LogP contribution is -2.45. The number of nitrogens with zero attached hydrogens (tertiary/aromatic N) is 4. The van der Waals surface area contributed by atoms with Gasteiger partial charge in [-0.25, -0.2) is 4.68 Å². The van der Waals surface area contributed by atoms with Crippen LogP contribution in [0.3, 0.4) is 0 Å². The van der Waals surface area contributed by atoms with Crippen molar-refractivity contribution < 1.29 is 4.79 Å². The molecule has 2 N–H and O–H groups in total. The summed E-state index contributed by atoms with van der Waals surface area (Å²) < 4.78 is 1.86. The predicted molar refractivity (Wildman–Crippen MR) is 119 cm³/mol. The number of nitrogens with two attached hydrogens (primary N) is 1. The van der Waals surface area contributed by atoms with Crippen molar-refractivity contribution in [2.75, 3.05) is 13.1 Å². The Labute approximate surface area is 181 Å². The fraction of sp³-hybridized carbons (Fsp3) is 0.320. The van der Waals surface area contributed by atoms with Crippen LogP contribution in [0.2, 0.25) is 0 Å². The largest absolute Gasteiger partial charge is 0.336 e. The molecule has 1 aromatic heterocycles. The highest BCUT2D eigenvalue weighted by Gasteiger charge is 2.26. The van der Waals surface area contributed by atoms with Gasteiger partial charge in [0.1, 0.15) is 0 Å². The fourth-order valence-electron chi connectivity index (χ4n) is 4.65. The molecule has 156 valence electrons. The van der Waals surface area contributed by atoms with E-state index in [0.717, 1.165) is 42.6 Å². The van der Waals surface area contributed by atoms with E-state index in [1.165, 1.54) is 17.5 Å². The Morgan fingerprint density at radius 3 is 2.65 bits per heavy atom. The van der Waals surface area contributed by atoms with Crippen LogP contribution in [0.5, 0.6) is 0 Å². The second-order valence-corrected chi connectivity index (χ2v) is 8.48. The Kier molecular flexibility index (Phi) is 5.05. The van der Waals surface area contributed by atoms with E-state index in [1.54, 1.807) is 12.1 Å². The number of carbonyl (C=O) groups is 1. The van der Waals surface area contributed by atoms with E-state index in [9.17, 15) is 4.79 Å². The van der Waals surface area contributed by atoms with Crippen molar-refractivity contribution in [1.29, 1.82) is 5.26 Å². The zero-order chi connectivity index (χ0) is 21.4. The summed E-state index contributed by atoms with van der Waals surface area (Å²) in [5.74, 6) is -0.0787. The van der Waals surface area contributed by atoms with Gasteiger partial charge in [0.05, 0.1) is 23.0 Å². The molecule has 2 aromatic carbocycles. The summed E-state index contributed by atoms with van der Waals surface area (Å²) in [6, 6.07) is 17.9. The molecule has 1 aliphatic carbocycles. The topological polar surface area (TPSA) is 87.9 Å². The molecular weight excluding hydrogens is 386 g/mol. The maximum absolute atomic E-state index is 13.2. The van der Waals surface area contributed by atoms with Gasteiger partial charge in [-0.15, -0.1) is 0 Å². The van der Waals surface area contributed by atoms with Crippen LogP contribution in [0.4, 0.5) is 0 Å². The van der Waals surface area contributed by atoms with Crippen molar-refractivity contribution in [3.05, 3.63) is 70.9 Å². The maximum atomic E-state index is 13.2. The lowest BCUT2D eigenvalue weighted by atomic mass is 10.1. The number of aromatic nitrogens is 2. The van der Waals surface area contributed by atoms with Gasteiger partial charge in [0.2, 0.25) is 0 Å². The molecule has 5 rings (SSSR count). The minimum atomic E-state index is -0.0787. The minimum Gasteiger partial charge on any atom is -0.336 e. The monoisotopic (exact) mass is 411 g/mol. The number of piperidine rings is 1.